The number of piperidine rings is 1. The number of aliphatic hydroxyl groups excluding tert-OH is 1. The molecule has 0 bridgehead atoms. The maximum Gasteiger partial charge on any atom is 0.262 e. The molecule has 0 saturated carbocycles. The van der Waals surface area contributed by atoms with Crippen LogP contribution in [0.25, 0.3) is 0 Å². The van der Waals surface area contributed by atoms with Crippen molar-refractivity contribution in [2.75, 3.05) is 31.5 Å². The quantitative estimate of drug-likeness (QED) is 0.681. The molecule has 1 saturated heterocycles. The summed E-state index contributed by atoms with van der Waals surface area (Å²) < 4.78 is 27.9. The van der Waals surface area contributed by atoms with Crippen LogP contribution in [-0.2, 0) is 14.8 Å². The third-order valence-electron chi connectivity index (χ3n) is 4.90. The van der Waals surface area contributed by atoms with Gasteiger partial charge in [0, 0.05) is 25.2 Å². The van der Waals surface area contributed by atoms with E-state index in [-0.39, 0.29) is 17.3 Å². The van der Waals surface area contributed by atoms with Crippen LogP contribution in [0.3, 0.4) is 0 Å². The Morgan fingerprint density at radius 3 is 2.93 bits per heavy atom. The molecular formula is C19H28N4O4S. The Morgan fingerprint density at radius 1 is 1.25 bits per heavy atom. The van der Waals surface area contributed by atoms with Gasteiger partial charge in [0.1, 0.15) is 5.84 Å². The van der Waals surface area contributed by atoms with Crippen molar-refractivity contribution in [3.8, 4) is 0 Å². The number of nitrogens with one attached hydrogen (secondary N) is 2. The minimum absolute atomic E-state index is 0.0886. The molecule has 0 aromatic heterocycles. The summed E-state index contributed by atoms with van der Waals surface area (Å²) >= 11 is 0. The lowest BCUT2D eigenvalue weighted by Gasteiger charge is -2.29. The molecule has 1 unspecified atom stereocenters. The first kappa shape index (κ1) is 20.8. The van der Waals surface area contributed by atoms with Crippen LogP contribution in [0.4, 0.5) is 5.69 Å². The minimum Gasteiger partial charge on any atom is -0.392 e. The van der Waals surface area contributed by atoms with Crippen molar-refractivity contribution in [2.45, 2.75) is 49.5 Å². The van der Waals surface area contributed by atoms with Crippen LogP contribution in [-0.4, -0.2) is 62.5 Å². The topological polar surface area (TPSA) is 111 Å². The van der Waals surface area contributed by atoms with Gasteiger partial charge >= 0.3 is 0 Å². The van der Waals surface area contributed by atoms with Crippen LogP contribution < -0.4 is 10.0 Å². The number of benzene rings is 1. The van der Waals surface area contributed by atoms with Gasteiger partial charge in [0.25, 0.3) is 10.0 Å². The smallest absolute Gasteiger partial charge is 0.262 e. The van der Waals surface area contributed by atoms with E-state index in [2.05, 4.69) is 15.0 Å². The Morgan fingerprint density at radius 2 is 2.11 bits per heavy atom. The summed E-state index contributed by atoms with van der Waals surface area (Å²) in [6, 6.07) is 6.20. The van der Waals surface area contributed by atoms with Crippen molar-refractivity contribution in [1.29, 1.82) is 0 Å². The summed E-state index contributed by atoms with van der Waals surface area (Å²) in [5.41, 5.74) is 0.424. The van der Waals surface area contributed by atoms with Gasteiger partial charge in [0.05, 0.1) is 17.5 Å². The molecule has 1 aromatic carbocycles. The largest absolute Gasteiger partial charge is 0.392 e. The molecule has 3 rings (SSSR count). The molecule has 2 aliphatic rings. The number of aliphatic hydroxyl groups is 1. The molecule has 1 amide bonds. The average molecular weight is 409 g/mol. The van der Waals surface area contributed by atoms with E-state index in [4.69, 9.17) is 0 Å². The van der Waals surface area contributed by atoms with E-state index >= 15 is 0 Å². The van der Waals surface area contributed by atoms with Crippen LogP contribution in [0.15, 0.2) is 34.2 Å². The maximum atomic E-state index is 12.7. The highest BCUT2D eigenvalue weighted by Crippen LogP contribution is 2.17. The molecule has 1 atom stereocenters. The van der Waals surface area contributed by atoms with Crippen molar-refractivity contribution in [3.05, 3.63) is 24.3 Å². The third-order valence-corrected chi connectivity index (χ3v) is 6.28. The normalized spacial score (nSPS) is 21.5. The molecule has 0 spiro atoms. The number of sulfonamides is 1. The number of hydrogen-bond acceptors (Lipinski definition) is 6. The second kappa shape index (κ2) is 9.49. The maximum absolute atomic E-state index is 12.7. The lowest BCUT2D eigenvalue weighted by Crippen LogP contribution is -2.42. The number of anilines is 1. The fourth-order valence-electron chi connectivity index (χ4n) is 3.49. The Balaban J connectivity index is 1.62. The van der Waals surface area contributed by atoms with Crippen molar-refractivity contribution < 1.29 is 18.3 Å². The van der Waals surface area contributed by atoms with Gasteiger partial charge in [-0.2, -0.15) is 0 Å². The average Bonchev–Trinajstić information content (AvgIpc) is 2.90. The van der Waals surface area contributed by atoms with Gasteiger partial charge in [0.2, 0.25) is 5.91 Å². The first-order valence-corrected chi connectivity index (χ1v) is 11.3. The van der Waals surface area contributed by atoms with Crippen LogP contribution >= 0.6 is 0 Å². The lowest BCUT2D eigenvalue weighted by molar-refractivity contribution is -0.118. The number of aliphatic imine (C=N–C) groups is 1. The Hall–Kier alpha value is -1.97. The van der Waals surface area contributed by atoms with Gasteiger partial charge in [-0.15, -0.1) is 0 Å². The highest BCUT2D eigenvalue weighted by molar-refractivity contribution is 7.90. The second-order valence-corrected chi connectivity index (χ2v) is 9.03. The van der Waals surface area contributed by atoms with Gasteiger partial charge in [-0.1, -0.05) is 12.5 Å². The van der Waals surface area contributed by atoms with Crippen molar-refractivity contribution in [2.24, 2.45) is 4.99 Å². The number of likely N-dealkylation sites (tertiary alicyclic amines) is 1. The molecular weight excluding hydrogens is 380 g/mol. The van der Waals surface area contributed by atoms with E-state index in [1.54, 1.807) is 12.1 Å². The van der Waals surface area contributed by atoms with E-state index in [0.29, 0.717) is 31.0 Å². The van der Waals surface area contributed by atoms with E-state index < -0.39 is 16.1 Å². The molecule has 0 radical (unpaired) electrons. The first-order chi connectivity index (χ1) is 13.4. The van der Waals surface area contributed by atoms with Crippen LogP contribution in [0.1, 0.15) is 38.5 Å². The Labute approximate surface area is 166 Å². The van der Waals surface area contributed by atoms with Crippen LogP contribution in [0, 0.1) is 0 Å². The van der Waals surface area contributed by atoms with Crippen molar-refractivity contribution in [1.82, 2.24) is 9.62 Å². The number of nitrogens with zero attached hydrogens (tertiary/aromatic N) is 2. The number of amidine groups is 1. The van der Waals surface area contributed by atoms with E-state index in [1.807, 2.05) is 4.90 Å². The molecule has 8 nitrogen and oxygen atoms in total. The molecule has 2 aliphatic heterocycles. The van der Waals surface area contributed by atoms with Gasteiger partial charge in [-0.3, -0.25) is 19.4 Å². The summed E-state index contributed by atoms with van der Waals surface area (Å²) in [6.45, 7) is 2.06. The molecule has 2 heterocycles. The highest BCUT2D eigenvalue weighted by atomic mass is 32.2. The molecule has 28 heavy (non-hydrogen) atoms. The van der Waals surface area contributed by atoms with Gasteiger partial charge in [0.15, 0.2) is 0 Å². The van der Waals surface area contributed by atoms with Gasteiger partial charge < -0.3 is 10.4 Å². The fourth-order valence-corrected chi connectivity index (χ4v) is 4.63. The van der Waals surface area contributed by atoms with E-state index in [9.17, 15) is 18.3 Å². The fraction of sp³-hybridized carbons (Fsp3) is 0.579. The third kappa shape index (κ3) is 6.02. The zero-order valence-electron chi connectivity index (χ0n) is 15.9. The number of rotatable bonds is 5. The molecule has 9 heteroatoms. The highest BCUT2D eigenvalue weighted by Gasteiger charge is 2.21. The number of amides is 1. The zero-order valence-corrected chi connectivity index (χ0v) is 16.7. The second-order valence-electron chi connectivity index (χ2n) is 7.35. The predicted molar refractivity (Wildman–Crippen MR) is 108 cm³/mol. The minimum atomic E-state index is -3.74. The number of carbonyl (C=O) groups is 1. The van der Waals surface area contributed by atoms with E-state index in [0.717, 1.165) is 38.6 Å². The number of carbonyl (C=O) groups excluding carboxylic acids is 1. The molecule has 1 aromatic rings. The van der Waals surface area contributed by atoms with E-state index in [1.165, 1.54) is 12.1 Å². The standard InChI is InChI=1S/C19H28N4O4S/c24-16-7-5-11-23(13-16)14-19(25)21-15-6-4-8-17(12-15)28(26,27)22-18-9-2-1-3-10-20-18/h4,6,8,12,16,24H,1-3,5,7,9-11,13-14H2,(H,20,22)(H,21,25). The van der Waals surface area contributed by atoms with Crippen molar-refractivity contribution in [3.63, 3.8) is 0 Å². The van der Waals surface area contributed by atoms with Gasteiger partial charge in [-0.25, -0.2) is 8.42 Å². The molecule has 3 N–H and O–H groups in total. The van der Waals surface area contributed by atoms with Crippen LogP contribution in [0.5, 0.6) is 0 Å². The summed E-state index contributed by atoms with van der Waals surface area (Å²) in [5.74, 6) is 0.264. The summed E-state index contributed by atoms with van der Waals surface area (Å²) in [5, 5.41) is 12.4. The molecule has 154 valence electrons. The monoisotopic (exact) mass is 408 g/mol. The SMILES string of the molecule is O=C(CN1CCCC(O)C1)Nc1cccc(S(=O)(=O)NC2=NCCCCC2)c1. The predicted octanol–water partition coefficient (Wildman–Crippen LogP) is 1.33. The summed E-state index contributed by atoms with van der Waals surface area (Å²) in [4.78, 5) is 18.6. The summed E-state index contributed by atoms with van der Waals surface area (Å²) in [6.07, 6.45) is 4.78. The Bertz CT molecular complexity index is 825. The molecule has 1 fully saturated rings. The summed E-state index contributed by atoms with van der Waals surface area (Å²) in [7, 11) is -3.74. The zero-order chi connectivity index (χ0) is 20.0. The number of hydrogen-bond donors (Lipinski definition) is 3. The van der Waals surface area contributed by atoms with Crippen LogP contribution in [0.2, 0.25) is 0 Å². The number of β-amino-alcohol motifs (C(OH)–C–C–N with tert-alkyl or cyclic N) is 1. The first-order valence-electron chi connectivity index (χ1n) is 9.79. The van der Waals surface area contributed by atoms with Gasteiger partial charge in [-0.05, 0) is 50.4 Å². The Kier molecular flexibility index (Phi) is 7.03. The lowest BCUT2D eigenvalue weighted by atomic mass is 10.1. The van der Waals surface area contributed by atoms with Crippen molar-refractivity contribution >= 4 is 27.5 Å². The molecule has 0 aliphatic carbocycles.